The maximum atomic E-state index is 12.5. The highest BCUT2D eigenvalue weighted by atomic mass is 35.5. The maximum Gasteiger partial charge on any atom is 0.433 e. The molecule has 1 aromatic rings. The molecule has 1 aliphatic rings. The molecule has 1 N–H and O–H groups in total. The van der Waals surface area contributed by atoms with Gasteiger partial charge in [-0.1, -0.05) is 12.8 Å². The molecule has 0 amide bonds. The summed E-state index contributed by atoms with van der Waals surface area (Å²) in [4.78, 5) is 7.32. The van der Waals surface area contributed by atoms with Crippen molar-refractivity contribution in [1.29, 1.82) is 0 Å². The van der Waals surface area contributed by atoms with Crippen LogP contribution in [0.1, 0.15) is 31.4 Å². The minimum absolute atomic E-state index is 0.00706. The fourth-order valence-electron chi connectivity index (χ4n) is 2.16. The highest BCUT2D eigenvalue weighted by molar-refractivity contribution is 6.18. The average molecular weight is 280 g/mol. The second-order valence-electron chi connectivity index (χ2n) is 4.51. The van der Waals surface area contributed by atoms with Gasteiger partial charge >= 0.3 is 6.18 Å². The Hall–Kier alpha value is -1.04. The number of anilines is 1. The van der Waals surface area contributed by atoms with Crippen molar-refractivity contribution in [3.63, 3.8) is 0 Å². The lowest BCUT2D eigenvalue weighted by Gasteiger charge is -2.27. The van der Waals surface area contributed by atoms with Crippen molar-refractivity contribution < 1.29 is 13.2 Å². The van der Waals surface area contributed by atoms with Gasteiger partial charge in [0.2, 0.25) is 5.95 Å². The van der Waals surface area contributed by atoms with Crippen molar-refractivity contribution in [2.75, 3.05) is 11.2 Å². The van der Waals surface area contributed by atoms with E-state index in [1.54, 1.807) is 0 Å². The zero-order valence-electron chi connectivity index (χ0n) is 9.60. The first kappa shape index (κ1) is 13.4. The molecule has 0 atom stereocenters. The first-order valence-electron chi connectivity index (χ1n) is 5.70. The van der Waals surface area contributed by atoms with Crippen molar-refractivity contribution in [3.05, 3.63) is 18.0 Å². The number of aromatic nitrogens is 2. The molecule has 1 saturated carbocycles. The summed E-state index contributed by atoms with van der Waals surface area (Å²) >= 11 is 5.90. The van der Waals surface area contributed by atoms with Crippen LogP contribution in [0.15, 0.2) is 12.3 Å². The largest absolute Gasteiger partial charge is 0.433 e. The Labute approximate surface area is 108 Å². The number of alkyl halides is 4. The molecular formula is C11H13ClF3N3. The second-order valence-corrected chi connectivity index (χ2v) is 4.78. The van der Waals surface area contributed by atoms with Gasteiger partial charge in [-0.3, -0.25) is 0 Å². The van der Waals surface area contributed by atoms with E-state index >= 15 is 0 Å². The third-order valence-corrected chi connectivity index (χ3v) is 3.65. The van der Waals surface area contributed by atoms with Gasteiger partial charge in [-0.15, -0.1) is 11.6 Å². The number of rotatable bonds is 3. The molecule has 2 rings (SSSR count). The van der Waals surface area contributed by atoms with Crippen LogP contribution >= 0.6 is 11.6 Å². The molecule has 1 fully saturated rings. The van der Waals surface area contributed by atoms with Gasteiger partial charge in [0.1, 0.15) is 5.69 Å². The Bertz CT molecular complexity index is 416. The summed E-state index contributed by atoms with van der Waals surface area (Å²) in [7, 11) is 0. The van der Waals surface area contributed by atoms with Crippen LogP contribution in [0, 0.1) is 0 Å². The normalized spacial score (nSPS) is 18.9. The van der Waals surface area contributed by atoms with E-state index in [9.17, 15) is 13.2 Å². The van der Waals surface area contributed by atoms with Crippen molar-refractivity contribution in [2.24, 2.45) is 0 Å². The van der Waals surface area contributed by atoms with Crippen LogP contribution < -0.4 is 5.32 Å². The van der Waals surface area contributed by atoms with E-state index in [1.807, 2.05) is 0 Å². The van der Waals surface area contributed by atoms with Gasteiger partial charge in [0.15, 0.2) is 0 Å². The molecule has 0 radical (unpaired) electrons. The van der Waals surface area contributed by atoms with Crippen molar-refractivity contribution in [2.45, 2.75) is 37.4 Å². The first-order valence-corrected chi connectivity index (χ1v) is 6.23. The van der Waals surface area contributed by atoms with E-state index in [1.165, 1.54) is 0 Å². The van der Waals surface area contributed by atoms with Gasteiger partial charge in [-0.2, -0.15) is 13.2 Å². The van der Waals surface area contributed by atoms with Crippen LogP contribution in [0.2, 0.25) is 0 Å². The summed E-state index contributed by atoms with van der Waals surface area (Å²) in [5, 5.41) is 2.96. The van der Waals surface area contributed by atoms with Gasteiger partial charge in [0.25, 0.3) is 0 Å². The fourth-order valence-corrected chi connectivity index (χ4v) is 2.49. The molecule has 18 heavy (non-hydrogen) atoms. The molecule has 0 spiro atoms. The topological polar surface area (TPSA) is 37.8 Å². The number of hydrogen-bond acceptors (Lipinski definition) is 3. The zero-order chi connectivity index (χ0) is 13.2. The Kier molecular flexibility index (Phi) is 3.66. The molecule has 0 unspecified atom stereocenters. The quantitative estimate of drug-likeness (QED) is 0.861. The third kappa shape index (κ3) is 2.85. The van der Waals surface area contributed by atoms with E-state index in [2.05, 4.69) is 15.3 Å². The number of halogens is 4. The zero-order valence-corrected chi connectivity index (χ0v) is 10.4. The van der Waals surface area contributed by atoms with Crippen LogP contribution in [-0.2, 0) is 6.18 Å². The summed E-state index contributed by atoms with van der Waals surface area (Å²) < 4.78 is 37.5. The predicted octanol–water partition coefficient (Wildman–Crippen LogP) is 3.46. The van der Waals surface area contributed by atoms with Gasteiger partial charge < -0.3 is 5.32 Å². The monoisotopic (exact) mass is 279 g/mol. The fraction of sp³-hybridized carbons (Fsp3) is 0.636. The SMILES string of the molecule is FC(F)(F)c1ccnc(NC2(CCl)CCCC2)n1. The molecule has 0 bridgehead atoms. The molecule has 3 nitrogen and oxygen atoms in total. The Balaban J connectivity index is 2.19. The van der Waals surface area contributed by atoms with Crippen molar-refractivity contribution >= 4 is 17.5 Å². The highest BCUT2D eigenvalue weighted by Crippen LogP contribution is 2.34. The lowest BCUT2D eigenvalue weighted by molar-refractivity contribution is -0.141. The number of hydrogen-bond donors (Lipinski definition) is 1. The minimum atomic E-state index is -4.46. The van der Waals surface area contributed by atoms with Crippen molar-refractivity contribution in [1.82, 2.24) is 9.97 Å². The molecule has 0 saturated heterocycles. The van der Waals surface area contributed by atoms with Gasteiger partial charge in [-0.05, 0) is 18.9 Å². The van der Waals surface area contributed by atoms with Crippen LogP contribution in [0.3, 0.4) is 0 Å². The maximum absolute atomic E-state index is 12.5. The molecule has 1 heterocycles. The van der Waals surface area contributed by atoms with Gasteiger partial charge in [-0.25, -0.2) is 9.97 Å². The summed E-state index contributed by atoms with van der Waals surface area (Å²) in [5.74, 6) is 0.333. The summed E-state index contributed by atoms with van der Waals surface area (Å²) in [6.45, 7) is 0. The van der Waals surface area contributed by atoms with Crippen LogP contribution in [0.25, 0.3) is 0 Å². The average Bonchev–Trinajstić information content (AvgIpc) is 2.77. The Morgan fingerprint density at radius 3 is 2.56 bits per heavy atom. The lowest BCUT2D eigenvalue weighted by atomic mass is 10.0. The van der Waals surface area contributed by atoms with E-state index < -0.39 is 11.9 Å². The first-order chi connectivity index (χ1) is 8.45. The van der Waals surface area contributed by atoms with Crippen LogP contribution in [0.5, 0.6) is 0 Å². The molecule has 7 heteroatoms. The van der Waals surface area contributed by atoms with Crippen LogP contribution in [0.4, 0.5) is 19.1 Å². The molecule has 100 valence electrons. The molecule has 0 aromatic carbocycles. The van der Waals surface area contributed by atoms with E-state index in [4.69, 9.17) is 11.6 Å². The van der Waals surface area contributed by atoms with E-state index in [-0.39, 0.29) is 11.5 Å². The molecule has 0 aliphatic heterocycles. The van der Waals surface area contributed by atoms with Crippen LogP contribution in [-0.4, -0.2) is 21.4 Å². The lowest BCUT2D eigenvalue weighted by Crippen LogP contribution is -2.38. The highest BCUT2D eigenvalue weighted by Gasteiger charge is 2.36. The number of nitrogens with zero attached hydrogens (tertiary/aromatic N) is 2. The van der Waals surface area contributed by atoms with E-state index in [0.717, 1.165) is 37.9 Å². The predicted molar refractivity (Wildman–Crippen MR) is 62.6 cm³/mol. The molecule has 1 aromatic heterocycles. The summed E-state index contributed by atoms with van der Waals surface area (Å²) in [6, 6.07) is 0.854. The standard InChI is InChI=1S/C11H13ClF3N3/c12-7-10(4-1-2-5-10)18-9-16-6-3-8(17-9)11(13,14)15/h3,6H,1-2,4-5,7H2,(H,16,17,18). The Morgan fingerprint density at radius 2 is 2.00 bits per heavy atom. The smallest absolute Gasteiger partial charge is 0.348 e. The third-order valence-electron chi connectivity index (χ3n) is 3.14. The number of nitrogens with one attached hydrogen (secondary N) is 1. The molecular weight excluding hydrogens is 267 g/mol. The Morgan fingerprint density at radius 1 is 1.33 bits per heavy atom. The summed E-state index contributed by atoms with van der Waals surface area (Å²) in [6.07, 6.45) is 0.335. The minimum Gasteiger partial charge on any atom is -0.348 e. The van der Waals surface area contributed by atoms with Gasteiger partial charge in [0, 0.05) is 12.1 Å². The van der Waals surface area contributed by atoms with E-state index in [0.29, 0.717) is 5.88 Å². The second kappa shape index (κ2) is 4.91. The summed E-state index contributed by atoms with van der Waals surface area (Å²) in [5.41, 5.74) is -1.31. The molecule has 1 aliphatic carbocycles. The van der Waals surface area contributed by atoms with Gasteiger partial charge in [0.05, 0.1) is 5.54 Å². The van der Waals surface area contributed by atoms with Crippen molar-refractivity contribution in [3.8, 4) is 0 Å².